The van der Waals surface area contributed by atoms with E-state index in [4.69, 9.17) is 4.99 Å². The Kier molecular flexibility index (Phi) is 6.20. The Balaban J connectivity index is 2.01. The Labute approximate surface area is 153 Å². The molecule has 0 fully saturated rings. The van der Waals surface area contributed by atoms with Gasteiger partial charge in [-0.2, -0.15) is 0 Å². The number of likely N-dealkylation sites (N-methyl/N-ethyl adjacent to an activating group) is 1. The highest BCUT2D eigenvalue weighted by atomic mass is 32.1. The van der Waals surface area contributed by atoms with Crippen LogP contribution in [-0.4, -0.2) is 24.2 Å². The van der Waals surface area contributed by atoms with Crippen molar-refractivity contribution in [3.05, 3.63) is 70.8 Å². The van der Waals surface area contributed by atoms with E-state index in [1.54, 1.807) is 16.2 Å². The van der Waals surface area contributed by atoms with Gasteiger partial charge in [0.05, 0.1) is 37.6 Å². The van der Waals surface area contributed by atoms with Gasteiger partial charge < -0.3 is 9.47 Å². The summed E-state index contributed by atoms with van der Waals surface area (Å²) in [5.41, 5.74) is 3.52. The maximum absolute atomic E-state index is 4.89. The number of quaternary nitrogens is 1. The number of para-hydroxylation sites is 1. The first-order chi connectivity index (χ1) is 12.3. The lowest BCUT2D eigenvalue weighted by Crippen LogP contribution is -3.11. The number of aromatic nitrogens is 1. The van der Waals surface area contributed by atoms with Gasteiger partial charge in [-0.3, -0.25) is 0 Å². The molecule has 0 saturated heterocycles. The highest BCUT2D eigenvalue weighted by Crippen LogP contribution is 2.20. The minimum Gasteiger partial charge on any atom is -0.334 e. The van der Waals surface area contributed by atoms with Gasteiger partial charge in [-0.15, -0.1) is 11.3 Å². The van der Waals surface area contributed by atoms with E-state index < -0.39 is 0 Å². The van der Waals surface area contributed by atoms with Gasteiger partial charge in [0.25, 0.3) is 0 Å². The molecule has 4 heteroatoms. The number of benzene rings is 2. The van der Waals surface area contributed by atoms with Gasteiger partial charge in [0.15, 0.2) is 4.80 Å². The van der Waals surface area contributed by atoms with Crippen LogP contribution in [0.4, 0.5) is 5.69 Å². The fourth-order valence-electron chi connectivity index (χ4n) is 2.96. The number of nitrogens with zero attached hydrogens (tertiary/aromatic N) is 2. The molecule has 0 amide bonds. The predicted molar refractivity (Wildman–Crippen MR) is 106 cm³/mol. The summed E-state index contributed by atoms with van der Waals surface area (Å²) in [6.07, 6.45) is 0. The van der Waals surface area contributed by atoms with Gasteiger partial charge in [-0.25, -0.2) is 4.99 Å². The third-order valence-corrected chi connectivity index (χ3v) is 5.40. The molecule has 0 aliphatic carbocycles. The minimum absolute atomic E-state index is 0.983. The molecular weight excluding hydrogens is 326 g/mol. The third kappa shape index (κ3) is 4.47. The SMILES string of the molecule is CC[NH+](CC)CCn1c(-c2ccccc2)csc1=Nc1ccccc1. The molecule has 130 valence electrons. The van der Waals surface area contributed by atoms with E-state index in [9.17, 15) is 0 Å². The molecule has 0 aliphatic rings. The number of hydrogen-bond donors (Lipinski definition) is 1. The largest absolute Gasteiger partial charge is 0.334 e. The lowest BCUT2D eigenvalue weighted by Gasteiger charge is -2.17. The van der Waals surface area contributed by atoms with Crippen molar-refractivity contribution >= 4 is 17.0 Å². The molecule has 1 aromatic heterocycles. The molecule has 3 aromatic rings. The van der Waals surface area contributed by atoms with Crippen LogP contribution in [0.1, 0.15) is 13.8 Å². The molecule has 2 aromatic carbocycles. The first-order valence-corrected chi connectivity index (χ1v) is 9.87. The van der Waals surface area contributed by atoms with Crippen LogP contribution in [-0.2, 0) is 6.54 Å². The van der Waals surface area contributed by atoms with Gasteiger partial charge >= 0.3 is 0 Å². The Bertz CT molecular complexity index is 830. The number of thiazole rings is 1. The highest BCUT2D eigenvalue weighted by Gasteiger charge is 2.10. The predicted octanol–water partition coefficient (Wildman–Crippen LogP) is 3.37. The van der Waals surface area contributed by atoms with E-state index in [-0.39, 0.29) is 0 Å². The molecule has 1 N–H and O–H groups in total. The Morgan fingerprint density at radius 2 is 1.56 bits per heavy atom. The zero-order valence-electron chi connectivity index (χ0n) is 15.0. The molecule has 0 spiro atoms. The average molecular weight is 353 g/mol. The fourth-order valence-corrected chi connectivity index (χ4v) is 3.92. The van der Waals surface area contributed by atoms with Crippen LogP contribution >= 0.6 is 11.3 Å². The molecule has 0 saturated carbocycles. The van der Waals surface area contributed by atoms with Crippen molar-refractivity contribution in [2.45, 2.75) is 20.4 Å². The van der Waals surface area contributed by atoms with E-state index in [0.717, 1.165) is 36.7 Å². The second-order valence-electron chi connectivity index (χ2n) is 6.08. The lowest BCUT2D eigenvalue weighted by atomic mass is 10.2. The summed E-state index contributed by atoms with van der Waals surface area (Å²) in [5, 5.41) is 2.23. The molecule has 0 aliphatic heterocycles. The van der Waals surface area contributed by atoms with Crippen molar-refractivity contribution in [3.63, 3.8) is 0 Å². The van der Waals surface area contributed by atoms with Crippen LogP contribution in [0.2, 0.25) is 0 Å². The van der Waals surface area contributed by atoms with Crippen LogP contribution in [0.25, 0.3) is 11.3 Å². The lowest BCUT2D eigenvalue weighted by molar-refractivity contribution is -0.897. The van der Waals surface area contributed by atoms with E-state index >= 15 is 0 Å². The molecule has 1 heterocycles. The zero-order chi connectivity index (χ0) is 17.5. The van der Waals surface area contributed by atoms with Crippen molar-refractivity contribution < 1.29 is 4.90 Å². The molecule has 25 heavy (non-hydrogen) atoms. The van der Waals surface area contributed by atoms with Crippen molar-refractivity contribution in [1.29, 1.82) is 0 Å². The van der Waals surface area contributed by atoms with Crippen molar-refractivity contribution in [3.8, 4) is 11.3 Å². The minimum atomic E-state index is 0.983. The molecule has 0 bridgehead atoms. The number of hydrogen-bond acceptors (Lipinski definition) is 2. The van der Waals surface area contributed by atoms with Gasteiger partial charge in [-0.05, 0) is 31.5 Å². The van der Waals surface area contributed by atoms with Gasteiger partial charge in [0.1, 0.15) is 0 Å². The maximum Gasteiger partial charge on any atom is 0.190 e. The van der Waals surface area contributed by atoms with Gasteiger partial charge in [0.2, 0.25) is 0 Å². The topological polar surface area (TPSA) is 21.7 Å². The molecule has 0 unspecified atom stereocenters. The second kappa shape index (κ2) is 8.79. The number of rotatable bonds is 7. The Morgan fingerprint density at radius 1 is 0.920 bits per heavy atom. The normalized spacial score (nSPS) is 12.0. The number of nitrogens with one attached hydrogen (secondary N) is 1. The smallest absolute Gasteiger partial charge is 0.190 e. The van der Waals surface area contributed by atoms with E-state index in [2.05, 4.69) is 66.3 Å². The zero-order valence-corrected chi connectivity index (χ0v) is 15.8. The van der Waals surface area contributed by atoms with E-state index in [1.165, 1.54) is 11.3 Å². The quantitative estimate of drug-likeness (QED) is 0.673. The van der Waals surface area contributed by atoms with Crippen LogP contribution in [0.3, 0.4) is 0 Å². The summed E-state index contributed by atoms with van der Waals surface area (Å²) in [4.78, 5) is 7.57. The molecule has 3 nitrogen and oxygen atoms in total. The van der Waals surface area contributed by atoms with Crippen LogP contribution in [0, 0.1) is 0 Å². The molecule has 0 atom stereocenters. The van der Waals surface area contributed by atoms with Crippen molar-refractivity contribution in [2.75, 3.05) is 19.6 Å². The maximum atomic E-state index is 4.89. The van der Waals surface area contributed by atoms with Crippen LogP contribution in [0.15, 0.2) is 71.0 Å². The van der Waals surface area contributed by atoms with Crippen LogP contribution < -0.4 is 9.70 Å². The monoisotopic (exact) mass is 352 g/mol. The molecule has 3 rings (SSSR count). The summed E-state index contributed by atoms with van der Waals surface area (Å²) in [7, 11) is 0. The summed E-state index contributed by atoms with van der Waals surface area (Å²) < 4.78 is 2.37. The third-order valence-electron chi connectivity index (χ3n) is 4.54. The summed E-state index contributed by atoms with van der Waals surface area (Å²) in [6.45, 7) is 8.93. The van der Waals surface area contributed by atoms with Crippen LogP contribution in [0.5, 0.6) is 0 Å². The van der Waals surface area contributed by atoms with E-state index in [0.29, 0.717) is 0 Å². The average Bonchev–Trinajstić information content (AvgIpc) is 3.07. The summed E-state index contributed by atoms with van der Waals surface area (Å²) >= 11 is 1.72. The van der Waals surface area contributed by atoms with Gasteiger partial charge in [0, 0.05) is 5.38 Å². The molecule has 0 radical (unpaired) electrons. The molecular formula is C21H26N3S+. The highest BCUT2D eigenvalue weighted by molar-refractivity contribution is 7.07. The van der Waals surface area contributed by atoms with Crippen molar-refractivity contribution in [2.24, 2.45) is 4.99 Å². The Hall–Kier alpha value is -2.17. The fraction of sp³-hybridized carbons (Fsp3) is 0.286. The Morgan fingerprint density at radius 3 is 2.20 bits per heavy atom. The van der Waals surface area contributed by atoms with Crippen molar-refractivity contribution in [1.82, 2.24) is 4.57 Å². The second-order valence-corrected chi connectivity index (χ2v) is 6.91. The first-order valence-electron chi connectivity index (χ1n) is 8.99. The summed E-state index contributed by atoms with van der Waals surface area (Å²) in [6, 6.07) is 20.8. The van der Waals surface area contributed by atoms with E-state index in [1.807, 2.05) is 18.2 Å². The standard InChI is InChI=1S/C21H25N3S/c1-3-23(4-2)15-16-24-20(18-11-7-5-8-12-18)17-25-21(24)22-19-13-9-6-10-14-19/h5-14,17H,3-4,15-16H2,1-2H3/p+1. The van der Waals surface area contributed by atoms with Gasteiger partial charge in [-0.1, -0.05) is 48.5 Å². The first kappa shape index (κ1) is 17.6. The summed E-state index contributed by atoms with van der Waals surface area (Å²) in [5.74, 6) is 0.